The van der Waals surface area contributed by atoms with Gasteiger partial charge in [-0.1, -0.05) is 6.08 Å². The Labute approximate surface area is 89.9 Å². The molecule has 0 amide bonds. The summed E-state index contributed by atoms with van der Waals surface area (Å²) in [7, 11) is 0. The summed E-state index contributed by atoms with van der Waals surface area (Å²) >= 11 is 0. The Morgan fingerprint density at radius 2 is 2.07 bits per heavy atom. The number of anilines is 1. The quantitative estimate of drug-likeness (QED) is 0.554. The van der Waals surface area contributed by atoms with E-state index >= 15 is 0 Å². The summed E-state index contributed by atoms with van der Waals surface area (Å²) in [6, 6.07) is 9.29. The third kappa shape index (κ3) is 2.44. The largest absolute Gasteiger partial charge is 0.239 e. The van der Waals surface area contributed by atoms with Gasteiger partial charge in [-0.3, -0.25) is 0 Å². The maximum atomic E-state index is 8.67. The monoisotopic (exact) mass is 199 g/mol. The van der Waals surface area contributed by atoms with Crippen molar-refractivity contribution in [3.05, 3.63) is 41.6 Å². The molecule has 1 aromatic carbocycles. The van der Waals surface area contributed by atoms with Crippen LogP contribution < -0.4 is 5.01 Å². The lowest BCUT2D eigenvalue weighted by Crippen LogP contribution is -2.12. The van der Waals surface area contributed by atoms with E-state index in [2.05, 4.69) is 17.9 Å². The van der Waals surface area contributed by atoms with Crippen LogP contribution in [0.2, 0.25) is 0 Å². The van der Waals surface area contributed by atoms with E-state index in [1.165, 1.54) is 0 Å². The SMILES string of the molecule is C=NN(C(C)=CC)c1ccc(C#N)cc1. The van der Waals surface area contributed by atoms with E-state index < -0.39 is 0 Å². The molecule has 1 rings (SSSR count). The second kappa shape index (κ2) is 4.97. The molecule has 3 heteroatoms. The van der Waals surface area contributed by atoms with Gasteiger partial charge in [0.25, 0.3) is 0 Å². The molecular weight excluding hydrogens is 186 g/mol. The standard InChI is InChI=1S/C12H13N3/c1-4-10(2)15(14-3)12-7-5-11(9-13)6-8-12/h4-8H,3H2,1-2H3. The first-order chi connectivity index (χ1) is 7.22. The topological polar surface area (TPSA) is 39.4 Å². The Morgan fingerprint density at radius 3 is 2.47 bits per heavy atom. The number of hydrogen-bond donors (Lipinski definition) is 0. The second-order valence-electron chi connectivity index (χ2n) is 3.04. The zero-order valence-corrected chi connectivity index (χ0v) is 8.94. The lowest BCUT2D eigenvalue weighted by Gasteiger charge is -2.18. The van der Waals surface area contributed by atoms with Gasteiger partial charge in [-0.15, -0.1) is 0 Å². The number of hydrazone groups is 1. The zero-order valence-electron chi connectivity index (χ0n) is 8.94. The van der Waals surface area contributed by atoms with E-state index in [1.807, 2.05) is 32.1 Å². The molecule has 0 fully saturated rings. The van der Waals surface area contributed by atoms with Crippen LogP contribution >= 0.6 is 0 Å². The summed E-state index contributed by atoms with van der Waals surface area (Å²) in [5, 5.41) is 14.3. The summed E-state index contributed by atoms with van der Waals surface area (Å²) in [6.07, 6.45) is 1.95. The van der Waals surface area contributed by atoms with Crippen LogP contribution in [0.5, 0.6) is 0 Å². The number of allylic oxidation sites excluding steroid dienone is 2. The van der Waals surface area contributed by atoms with Gasteiger partial charge in [0.15, 0.2) is 0 Å². The molecule has 0 aliphatic carbocycles. The minimum atomic E-state index is 0.640. The van der Waals surface area contributed by atoms with Crippen molar-refractivity contribution in [2.75, 3.05) is 5.01 Å². The van der Waals surface area contributed by atoms with Crippen molar-refractivity contribution in [2.45, 2.75) is 13.8 Å². The molecule has 0 bridgehead atoms. The average Bonchev–Trinajstić information content (AvgIpc) is 2.30. The van der Waals surface area contributed by atoms with Crippen LogP contribution in [0.15, 0.2) is 41.1 Å². The van der Waals surface area contributed by atoms with Crippen LogP contribution in [0.1, 0.15) is 19.4 Å². The molecule has 0 saturated heterocycles. The van der Waals surface area contributed by atoms with Crippen LogP contribution in [-0.4, -0.2) is 6.72 Å². The average molecular weight is 199 g/mol. The molecule has 0 heterocycles. The van der Waals surface area contributed by atoms with Crippen molar-refractivity contribution in [1.29, 1.82) is 5.26 Å². The summed E-state index contributed by atoms with van der Waals surface area (Å²) < 4.78 is 0. The van der Waals surface area contributed by atoms with E-state index in [0.717, 1.165) is 11.4 Å². The smallest absolute Gasteiger partial charge is 0.0991 e. The van der Waals surface area contributed by atoms with Gasteiger partial charge in [0, 0.05) is 12.4 Å². The summed E-state index contributed by atoms with van der Waals surface area (Å²) in [5.41, 5.74) is 2.54. The molecule has 0 spiro atoms. The molecular formula is C12H13N3. The molecule has 0 aliphatic rings. The molecule has 0 aromatic heterocycles. The minimum Gasteiger partial charge on any atom is -0.239 e. The lowest BCUT2D eigenvalue weighted by molar-refractivity contribution is 1.00. The van der Waals surface area contributed by atoms with Gasteiger partial charge in [0.1, 0.15) is 0 Å². The third-order valence-electron chi connectivity index (χ3n) is 2.13. The van der Waals surface area contributed by atoms with E-state index in [9.17, 15) is 0 Å². The molecule has 0 unspecified atom stereocenters. The van der Waals surface area contributed by atoms with Crippen LogP contribution in [0, 0.1) is 11.3 Å². The highest BCUT2D eigenvalue weighted by Crippen LogP contribution is 2.19. The minimum absolute atomic E-state index is 0.640. The summed E-state index contributed by atoms with van der Waals surface area (Å²) in [5.74, 6) is 0. The van der Waals surface area contributed by atoms with Gasteiger partial charge >= 0.3 is 0 Å². The van der Waals surface area contributed by atoms with E-state index in [0.29, 0.717) is 5.56 Å². The van der Waals surface area contributed by atoms with Gasteiger partial charge in [-0.2, -0.15) is 10.4 Å². The number of benzene rings is 1. The number of hydrogen-bond acceptors (Lipinski definition) is 3. The van der Waals surface area contributed by atoms with Crippen molar-refractivity contribution in [2.24, 2.45) is 5.10 Å². The molecule has 15 heavy (non-hydrogen) atoms. The molecule has 0 N–H and O–H groups in total. The molecule has 0 atom stereocenters. The number of nitriles is 1. The number of rotatable bonds is 3. The molecule has 3 nitrogen and oxygen atoms in total. The lowest BCUT2D eigenvalue weighted by atomic mass is 10.2. The Bertz CT molecular complexity index is 409. The molecule has 0 radical (unpaired) electrons. The Kier molecular flexibility index (Phi) is 3.64. The normalized spacial score (nSPS) is 10.6. The molecule has 76 valence electrons. The predicted octanol–water partition coefficient (Wildman–Crippen LogP) is 2.90. The highest BCUT2D eigenvalue weighted by atomic mass is 15.4. The third-order valence-corrected chi connectivity index (χ3v) is 2.13. The highest BCUT2D eigenvalue weighted by molar-refractivity contribution is 5.54. The molecule has 0 saturated carbocycles. The van der Waals surface area contributed by atoms with Crippen molar-refractivity contribution >= 4 is 12.4 Å². The van der Waals surface area contributed by atoms with Gasteiger partial charge in [0.2, 0.25) is 0 Å². The first-order valence-corrected chi connectivity index (χ1v) is 4.62. The Balaban J connectivity index is 3.04. The van der Waals surface area contributed by atoms with Crippen LogP contribution in [-0.2, 0) is 0 Å². The maximum absolute atomic E-state index is 8.67. The summed E-state index contributed by atoms with van der Waals surface area (Å²) in [6.45, 7) is 7.41. The van der Waals surface area contributed by atoms with Crippen molar-refractivity contribution < 1.29 is 0 Å². The maximum Gasteiger partial charge on any atom is 0.0991 e. The van der Waals surface area contributed by atoms with E-state index in [1.54, 1.807) is 17.1 Å². The summed E-state index contributed by atoms with van der Waals surface area (Å²) in [4.78, 5) is 0. The molecule has 1 aromatic rings. The van der Waals surface area contributed by atoms with Gasteiger partial charge in [0.05, 0.1) is 17.3 Å². The first kappa shape index (κ1) is 11.0. The van der Waals surface area contributed by atoms with Gasteiger partial charge < -0.3 is 0 Å². The van der Waals surface area contributed by atoms with Crippen LogP contribution in [0.3, 0.4) is 0 Å². The van der Waals surface area contributed by atoms with E-state index in [-0.39, 0.29) is 0 Å². The van der Waals surface area contributed by atoms with Gasteiger partial charge in [-0.25, -0.2) is 5.01 Å². The highest BCUT2D eigenvalue weighted by Gasteiger charge is 2.04. The number of nitrogens with zero attached hydrogens (tertiary/aromatic N) is 3. The van der Waals surface area contributed by atoms with E-state index in [4.69, 9.17) is 5.26 Å². The van der Waals surface area contributed by atoms with Crippen LogP contribution in [0.25, 0.3) is 0 Å². The Morgan fingerprint density at radius 1 is 1.47 bits per heavy atom. The van der Waals surface area contributed by atoms with Crippen LogP contribution in [0.4, 0.5) is 5.69 Å². The Hall–Kier alpha value is -2.08. The zero-order chi connectivity index (χ0) is 11.3. The molecule has 0 aliphatic heterocycles. The fraction of sp³-hybridized carbons (Fsp3) is 0.167. The van der Waals surface area contributed by atoms with Crippen molar-refractivity contribution in [3.8, 4) is 6.07 Å². The van der Waals surface area contributed by atoms with Gasteiger partial charge in [-0.05, 0) is 38.1 Å². The second-order valence-corrected chi connectivity index (χ2v) is 3.04. The van der Waals surface area contributed by atoms with Crippen molar-refractivity contribution in [1.82, 2.24) is 0 Å². The fourth-order valence-corrected chi connectivity index (χ4v) is 1.20. The predicted molar refractivity (Wildman–Crippen MR) is 62.6 cm³/mol. The first-order valence-electron chi connectivity index (χ1n) is 4.62. The van der Waals surface area contributed by atoms with Crippen molar-refractivity contribution in [3.63, 3.8) is 0 Å². The fourth-order valence-electron chi connectivity index (χ4n) is 1.20.